The zero-order valence-electron chi connectivity index (χ0n) is 20.4. The molecule has 194 valence electrons. The van der Waals surface area contributed by atoms with Gasteiger partial charge in [0.25, 0.3) is 0 Å². The Balaban J connectivity index is 1.38. The van der Waals surface area contributed by atoms with Crippen molar-refractivity contribution in [3.63, 3.8) is 0 Å². The van der Waals surface area contributed by atoms with Crippen molar-refractivity contribution in [3.8, 4) is 11.5 Å². The Morgan fingerprint density at radius 1 is 0.816 bits per heavy atom. The molecule has 0 saturated heterocycles. The molecule has 6 nitrogen and oxygen atoms in total. The molecule has 0 aliphatic heterocycles. The van der Waals surface area contributed by atoms with E-state index in [9.17, 15) is 14.0 Å². The zero-order valence-corrected chi connectivity index (χ0v) is 22.6. The molecule has 4 aromatic carbocycles. The molecule has 2 N–H and O–H groups in total. The number of carbonyl (C=O) groups excluding carboxylic acids is 2. The summed E-state index contributed by atoms with van der Waals surface area (Å²) in [5, 5.41) is 5.63. The van der Waals surface area contributed by atoms with Crippen molar-refractivity contribution in [1.29, 1.82) is 0 Å². The molecule has 0 aliphatic carbocycles. The average molecular weight is 624 g/mol. The summed E-state index contributed by atoms with van der Waals surface area (Å²) in [7, 11) is 0. The van der Waals surface area contributed by atoms with Crippen LogP contribution < -0.4 is 15.4 Å². The predicted octanol–water partition coefficient (Wildman–Crippen LogP) is 6.11. The highest BCUT2D eigenvalue weighted by Gasteiger charge is 2.22. The van der Waals surface area contributed by atoms with E-state index in [1.807, 2.05) is 54.6 Å². The SMILES string of the molecule is O=C(Cc1cccc(I)c1)N[C@@H](COCc1ccccc1)C(=O)Nc1ccc(Oc2ccc(F)cc2)cc1. The van der Waals surface area contributed by atoms with Crippen LogP contribution in [0.15, 0.2) is 103 Å². The molecule has 2 amide bonds. The number of anilines is 1. The monoisotopic (exact) mass is 624 g/mol. The summed E-state index contributed by atoms with van der Waals surface area (Å²) in [5.41, 5.74) is 2.35. The first-order chi connectivity index (χ1) is 18.4. The fraction of sp³-hybridized carbons (Fsp3) is 0.133. The van der Waals surface area contributed by atoms with Gasteiger partial charge in [-0.25, -0.2) is 4.39 Å². The second kappa shape index (κ2) is 13.7. The highest BCUT2D eigenvalue weighted by Crippen LogP contribution is 2.23. The molecule has 0 saturated carbocycles. The molecule has 0 spiro atoms. The smallest absolute Gasteiger partial charge is 0.249 e. The number of nitrogens with one attached hydrogen (secondary N) is 2. The fourth-order valence-electron chi connectivity index (χ4n) is 3.60. The number of carbonyl (C=O) groups is 2. The molecule has 4 rings (SSSR count). The molecule has 0 unspecified atom stereocenters. The molecule has 8 heteroatoms. The van der Waals surface area contributed by atoms with Gasteiger partial charge in [-0.15, -0.1) is 0 Å². The quantitative estimate of drug-likeness (QED) is 0.198. The number of amides is 2. The van der Waals surface area contributed by atoms with Crippen molar-refractivity contribution in [2.75, 3.05) is 11.9 Å². The molecule has 0 heterocycles. The van der Waals surface area contributed by atoms with Gasteiger partial charge in [0, 0.05) is 9.26 Å². The van der Waals surface area contributed by atoms with Crippen molar-refractivity contribution in [2.45, 2.75) is 19.1 Å². The average Bonchev–Trinajstić information content (AvgIpc) is 2.91. The van der Waals surface area contributed by atoms with Crippen LogP contribution in [0.25, 0.3) is 0 Å². The molecule has 0 aliphatic rings. The second-order valence-corrected chi connectivity index (χ2v) is 9.74. The van der Waals surface area contributed by atoms with Crippen molar-refractivity contribution in [3.05, 3.63) is 124 Å². The largest absolute Gasteiger partial charge is 0.457 e. The Hall–Kier alpha value is -3.76. The van der Waals surface area contributed by atoms with E-state index in [-0.39, 0.29) is 24.8 Å². The van der Waals surface area contributed by atoms with Crippen LogP contribution in [0.2, 0.25) is 0 Å². The Labute approximate surface area is 234 Å². The van der Waals surface area contributed by atoms with Gasteiger partial charge in [-0.1, -0.05) is 42.5 Å². The lowest BCUT2D eigenvalue weighted by atomic mass is 10.1. The number of benzene rings is 4. The summed E-state index contributed by atoms with van der Waals surface area (Å²) in [5.74, 6) is 0.000804. The van der Waals surface area contributed by atoms with Gasteiger partial charge in [0.1, 0.15) is 23.4 Å². The van der Waals surface area contributed by atoms with Crippen molar-refractivity contribution < 1.29 is 23.5 Å². The lowest BCUT2D eigenvalue weighted by Crippen LogP contribution is -2.47. The van der Waals surface area contributed by atoms with Gasteiger partial charge in [-0.2, -0.15) is 0 Å². The molecule has 38 heavy (non-hydrogen) atoms. The molecule has 1 atom stereocenters. The summed E-state index contributed by atoms with van der Waals surface area (Å²) in [6, 6.07) is 28.8. The molecule has 0 fully saturated rings. The van der Waals surface area contributed by atoms with Crippen LogP contribution in [0.3, 0.4) is 0 Å². The maximum absolute atomic E-state index is 13.1. The van der Waals surface area contributed by atoms with E-state index in [0.717, 1.165) is 14.7 Å². The third-order valence-corrected chi connectivity index (χ3v) is 6.14. The number of ether oxygens (including phenoxy) is 2. The third-order valence-electron chi connectivity index (χ3n) is 5.47. The highest BCUT2D eigenvalue weighted by atomic mass is 127. The summed E-state index contributed by atoms with van der Waals surface area (Å²) in [4.78, 5) is 25.9. The standard InChI is InChI=1S/C30H26FIN2O4/c31-23-9-13-26(14-10-23)38-27-15-11-25(12-16-27)33-30(36)28(20-37-19-21-5-2-1-3-6-21)34-29(35)18-22-7-4-8-24(32)17-22/h1-17,28H,18-20H2,(H,33,36)(H,34,35)/t28-/m0/s1. The minimum Gasteiger partial charge on any atom is -0.457 e. The van der Waals surface area contributed by atoms with Gasteiger partial charge >= 0.3 is 0 Å². The van der Waals surface area contributed by atoms with Gasteiger partial charge in [-0.05, 0) is 94.4 Å². The Morgan fingerprint density at radius 3 is 2.16 bits per heavy atom. The first-order valence-electron chi connectivity index (χ1n) is 11.9. The Morgan fingerprint density at radius 2 is 1.47 bits per heavy atom. The van der Waals surface area contributed by atoms with Crippen LogP contribution in [0, 0.1) is 9.39 Å². The van der Waals surface area contributed by atoms with Gasteiger partial charge in [0.2, 0.25) is 11.8 Å². The molecule has 4 aromatic rings. The van der Waals surface area contributed by atoms with E-state index in [0.29, 0.717) is 23.8 Å². The third kappa shape index (κ3) is 8.67. The topological polar surface area (TPSA) is 76.7 Å². The first kappa shape index (κ1) is 27.3. The number of rotatable bonds is 11. The summed E-state index contributed by atoms with van der Waals surface area (Å²) in [6.45, 7) is 0.317. The Bertz CT molecular complexity index is 1350. The van der Waals surface area contributed by atoms with Crippen LogP contribution in [0.5, 0.6) is 11.5 Å². The van der Waals surface area contributed by atoms with E-state index >= 15 is 0 Å². The number of hydrogen-bond donors (Lipinski definition) is 2. The predicted molar refractivity (Wildman–Crippen MR) is 152 cm³/mol. The van der Waals surface area contributed by atoms with Crippen molar-refractivity contribution in [2.24, 2.45) is 0 Å². The summed E-state index contributed by atoms with van der Waals surface area (Å²) >= 11 is 2.19. The summed E-state index contributed by atoms with van der Waals surface area (Å²) < 4.78 is 25.6. The maximum atomic E-state index is 13.1. The number of halogens is 2. The van der Waals surface area contributed by atoms with Gasteiger partial charge in [-0.3, -0.25) is 9.59 Å². The van der Waals surface area contributed by atoms with Crippen LogP contribution in [0.1, 0.15) is 11.1 Å². The zero-order chi connectivity index (χ0) is 26.7. The molecular formula is C30H26FIN2O4. The Kier molecular flexibility index (Phi) is 9.83. The van der Waals surface area contributed by atoms with E-state index in [1.54, 1.807) is 24.3 Å². The minimum absolute atomic E-state index is 0.00452. The lowest BCUT2D eigenvalue weighted by molar-refractivity contribution is -0.127. The first-order valence-corrected chi connectivity index (χ1v) is 13.0. The van der Waals surface area contributed by atoms with Gasteiger partial charge < -0.3 is 20.1 Å². The van der Waals surface area contributed by atoms with Crippen LogP contribution in [0.4, 0.5) is 10.1 Å². The van der Waals surface area contributed by atoms with Gasteiger partial charge in [0.15, 0.2) is 0 Å². The molecule has 0 aromatic heterocycles. The van der Waals surface area contributed by atoms with Crippen LogP contribution in [-0.4, -0.2) is 24.5 Å². The van der Waals surface area contributed by atoms with Crippen LogP contribution in [-0.2, 0) is 27.4 Å². The number of hydrogen-bond acceptors (Lipinski definition) is 4. The van der Waals surface area contributed by atoms with E-state index in [2.05, 4.69) is 33.2 Å². The van der Waals surface area contributed by atoms with E-state index < -0.39 is 11.9 Å². The van der Waals surface area contributed by atoms with Crippen LogP contribution >= 0.6 is 22.6 Å². The normalized spacial score (nSPS) is 11.4. The van der Waals surface area contributed by atoms with Gasteiger partial charge in [0.05, 0.1) is 19.6 Å². The fourth-order valence-corrected chi connectivity index (χ4v) is 4.21. The molecule has 0 bridgehead atoms. The highest BCUT2D eigenvalue weighted by molar-refractivity contribution is 14.1. The van der Waals surface area contributed by atoms with E-state index in [4.69, 9.17) is 9.47 Å². The minimum atomic E-state index is -0.899. The van der Waals surface area contributed by atoms with E-state index in [1.165, 1.54) is 24.3 Å². The summed E-state index contributed by atoms with van der Waals surface area (Å²) in [6.07, 6.45) is 0.148. The molecule has 0 radical (unpaired) electrons. The van der Waals surface area contributed by atoms with Crippen molar-refractivity contribution in [1.82, 2.24) is 5.32 Å². The molecular weight excluding hydrogens is 598 g/mol. The maximum Gasteiger partial charge on any atom is 0.249 e. The van der Waals surface area contributed by atoms with Crippen molar-refractivity contribution >= 4 is 40.1 Å². The second-order valence-electron chi connectivity index (χ2n) is 8.50. The lowest BCUT2D eigenvalue weighted by Gasteiger charge is -2.19.